The smallest absolute Gasteiger partial charge is 0.748 e. The molecule has 0 aromatic rings. The molecule has 0 aromatic carbocycles. The Balaban J connectivity index is 0. The molecule has 0 radical (unpaired) electrons. The summed E-state index contributed by atoms with van der Waals surface area (Å²) in [6, 6.07) is 0. The molecule has 0 spiro atoms. The molecular formula is C9H19NaO5S. The zero-order chi connectivity index (χ0) is 11.7. The number of aliphatic hydroxyl groups excluding tert-OH is 1. The maximum Gasteiger partial charge on any atom is 1.00 e. The van der Waals surface area contributed by atoms with Crippen LogP contribution in [-0.2, 0) is 14.9 Å². The van der Waals surface area contributed by atoms with Crippen molar-refractivity contribution in [1.82, 2.24) is 0 Å². The van der Waals surface area contributed by atoms with Crippen LogP contribution in [0, 0.1) is 0 Å². The molecule has 1 unspecified atom stereocenters. The summed E-state index contributed by atoms with van der Waals surface area (Å²) in [4.78, 5) is 0. The second-order valence-corrected chi connectivity index (χ2v) is 4.96. The Morgan fingerprint density at radius 3 is 2.44 bits per heavy atom. The van der Waals surface area contributed by atoms with E-state index in [9.17, 15) is 13.0 Å². The fourth-order valence-electron chi connectivity index (χ4n) is 1.13. The van der Waals surface area contributed by atoms with E-state index in [1.54, 1.807) is 0 Å². The van der Waals surface area contributed by atoms with Gasteiger partial charge in [0, 0.05) is 6.61 Å². The van der Waals surface area contributed by atoms with Crippen molar-refractivity contribution < 1.29 is 52.4 Å². The van der Waals surface area contributed by atoms with Crippen molar-refractivity contribution in [1.29, 1.82) is 0 Å². The molecule has 0 aliphatic carbocycles. The van der Waals surface area contributed by atoms with Gasteiger partial charge >= 0.3 is 29.6 Å². The molecule has 1 N–H and O–H groups in total. The topological polar surface area (TPSA) is 86.7 Å². The number of unbranched alkanes of at least 4 members (excludes halogenated alkanes) is 3. The molecule has 0 aromatic heterocycles. The van der Waals surface area contributed by atoms with Crippen LogP contribution in [0.25, 0.3) is 0 Å². The molecule has 16 heavy (non-hydrogen) atoms. The Bertz CT molecular complexity index is 242. The van der Waals surface area contributed by atoms with E-state index < -0.39 is 22.0 Å². The van der Waals surface area contributed by atoms with Crippen molar-refractivity contribution in [2.24, 2.45) is 0 Å². The second-order valence-electron chi connectivity index (χ2n) is 3.51. The molecule has 7 heteroatoms. The molecule has 0 aliphatic rings. The van der Waals surface area contributed by atoms with Crippen LogP contribution in [-0.4, -0.2) is 43.1 Å². The summed E-state index contributed by atoms with van der Waals surface area (Å²) in [5.41, 5.74) is 0. The Hall–Kier alpha value is 0.830. The number of hydrogen-bond acceptors (Lipinski definition) is 5. The van der Waals surface area contributed by atoms with Crippen LogP contribution in [0.15, 0.2) is 0 Å². The predicted octanol–water partition coefficient (Wildman–Crippen LogP) is -2.51. The van der Waals surface area contributed by atoms with Crippen LogP contribution in [0.2, 0.25) is 0 Å². The molecule has 0 rings (SSSR count). The minimum absolute atomic E-state index is 0. The summed E-state index contributed by atoms with van der Waals surface area (Å²) in [7, 11) is -4.35. The van der Waals surface area contributed by atoms with Gasteiger partial charge in [0.2, 0.25) is 0 Å². The van der Waals surface area contributed by atoms with E-state index in [0.717, 1.165) is 25.7 Å². The minimum Gasteiger partial charge on any atom is -0.748 e. The second kappa shape index (κ2) is 11.0. The average molecular weight is 262 g/mol. The van der Waals surface area contributed by atoms with Crippen LogP contribution in [0.4, 0.5) is 0 Å². The van der Waals surface area contributed by atoms with Crippen molar-refractivity contribution in [3.05, 3.63) is 0 Å². The van der Waals surface area contributed by atoms with E-state index in [2.05, 4.69) is 6.92 Å². The SMILES string of the molecule is CCCCCCOCC(O)CS(=O)(=O)[O-].[Na+]. The Morgan fingerprint density at radius 2 is 1.94 bits per heavy atom. The van der Waals surface area contributed by atoms with Gasteiger partial charge in [-0.25, -0.2) is 8.42 Å². The van der Waals surface area contributed by atoms with Crippen molar-refractivity contribution >= 4 is 10.1 Å². The quantitative estimate of drug-likeness (QED) is 0.282. The predicted molar refractivity (Wildman–Crippen MR) is 55.5 cm³/mol. The summed E-state index contributed by atoms with van der Waals surface area (Å²) in [6.45, 7) is 2.51. The number of rotatable bonds is 9. The van der Waals surface area contributed by atoms with Crippen LogP contribution in [0.5, 0.6) is 0 Å². The van der Waals surface area contributed by atoms with Crippen molar-refractivity contribution in [3.63, 3.8) is 0 Å². The van der Waals surface area contributed by atoms with Gasteiger partial charge in [-0.3, -0.25) is 0 Å². The van der Waals surface area contributed by atoms with Gasteiger partial charge in [0.15, 0.2) is 0 Å². The Morgan fingerprint density at radius 1 is 1.31 bits per heavy atom. The van der Waals surface area contributed by atoms with E-state index in [1.807, 2.05) is 0 Å². The molecule has 1 atom stereocenters. The summed E-state index contributed by atoms with van der Waals surface area (Å²) in [6.07, 6.45) is 3.02. The molecule has 0 heterocycles. The molecule has 92 valence electrons. The molecule has 0 fully saturated rings. The third-order valence-corrected chi connectivity index (χ3v) is 2.64. The molecule has 0 amide bonds. The molecule has 0 saturated carbocycles. The Labute approximate surface area is 120 Å². The van der Waals surface area contributed by atoms with E-state index in [-0.39, 0.29) is 36.2 Å². The third kappa shape index (κ3) is 14.8. The molecular weight excluding hydrogens is 243 g/mol. The van der Waals surface area contributed by atoms with Gasteiger partial charge in [-0.2, -0.15) is 0 Å². The summed E-state index contributed by atoms with van der Waals surface area (Å²) < 4.78 is 35.8. The molecule has 0 aliphatic heterocycles. The van der Waals surface area contributed by atoms with Gasteiger partial charge in [0.25, 0.3) is 0 Å². The first kappa shape index (κ1) is 19.2. The van der Waals surface area contributed by atoms with Gasteiger partial charge in [-0.1, -0.05) is 26.2 Å². The number of ether oxygens (including phenoxy) is 1. The van der Waals surface area contributed by atoms with Crippen molar-refractivity contribution in [2.45, 2.75) is 38.7 Å². The van der Waals surface area contributed by atoms with Crippen LogP contribution < -0.4 is 29.6 Å². The zero-order valence-electron chi connectivity index (χ0n) is 10.0. The normalized spacial score (nSPS) is 13.2. The monoisotopic (exact) mass is 262 g/mol. The molecule has 0 bridgehead atoms. The van der Waals surface area contributed by atoms with E-state index in [1.165, 1.54) is 0 Å². The largest absolute Gasteiger partial charge is 1.00 e. The van der Waals surface area contributed by atoms with Crippen LogP contribution >= 0.6 is 0 Å². The Kier molecular flexibility index (Phi) is 13.1. The first-order chi connectivity index (χ1) is 6.95. The van der Waals surface area contributed by atoms with Gasteiger partial charge in [0.1, 0.15) is 0 Å². The van der Waals surface area contributed by atoms with E-state index in [4.69, 9.17) is 9.84 Å². The zero-order valence-corrected chi connectivity index (χ0v) is 12.8. The van der Waals surface area contributed by atoms with Crippen LogP contribution in [0.1, 0.15) is 32.6 Å². The molecule has 0 saturated heterocycles. The van der Waals surface area contributed by atoms with Gasteiger partial charge in [-0.15, -0.1) is 0 Å². The minimum atomic E-state index is -4.35. The number of hydrogen-bond donors (Lipinski definition) is 1. The van der Waals surface area contributed by atoms with Gasteiger partial charge in [-0.05, 0) is 6.42 Å². The van der Waals surface area contributed by atoms with Gasteiger partial charge in [0.05, 0.1) is 28.6 Å². The van der Waals surface area contributed by atoms with E-state index in [0.29, 0.717) is 6.61 Å². The van der Waals surface area contributed by atoms with Crippen LogP contribution in [0.3, 0.4) is 0 Å². The maximum atomic E-state index is 10.2. The summed E-state index contributed by atoms with van der Waals surface area (Å²) in [5, 5.41) is 9.08. The fourth-order valence-corrected chi connectivity index (χ4v) is 1.70. The maximum absolute atomic E-state index is 10.2. The fraction of sp³-hybridized carbons (Fsp3) is 1.00. The molecule has 5 nitrogen and oxygen atoms in total. The summed E-state index contributed by atoms with van der Waals surface area (Å²) >= 11 is 0. The standard InChI is InChI=1S/C9H20O5S.Na/c1-2-3-4-5-6-14-7-9(10)8-15(11,12)13;/h9-10H,2-8H2,1H3,(H,11,12,13);/q;+1/p-1. The van der Waals surface area contributed by atoms with Crippen molar-refractivity contribution in [3.8, 4) is 0 Å². The first-order valence-electron chi connectivity index (χ1n) is 5.15. The summed E-state index contributed by atoms with van der Waals surface area (Å²) in [5.74, 6) is -0.776. The van der Waals surface area contributed by atoms with E-state index >= 15 is 0 Å². The number of aliphatic hydroxyl groups is 1. The van der Waals surface area contributed by atoms with Gasteiger partial charge < -0.3 is 14.4 Å². The average Bonchev–Trinajstić information content (AvgIpc) is 2.08. The van der Waals surface area contributed by atoms with Crippen molar-refractivity contribution in [2.75, 3.05) is 19.0 Å². The third-order valence-electron chi connectivity index (χ3n) is 1.85. The first-order valence-corrected chi connectivity index (χ1v) is 6.73.